The molecule has 0 aliphatic carbocycles. The summed E-state index contributed by atoms with van der Waals surface area (Å²) in [6.45, 7) is 22.0. The highest BCUT2D eigenvalue weighted by atomic mass is 28.5. The molecule has 0 aromatic heterocycles. The zero-order valence-corrected chi connectivity index (χ0v) is 48.0. The van der Waals surface area contributed by atoms with E-state index in [0.29, 0.717) is 28.7 Å². The molecule has 73 heavy (non-hydrogen) atoms. The molecule has 0 fully saturated rings. The van der Waals surface area contributed by atoms with Gasteiger partial charge in [0.2, 0.25) is 0 Å². The van der Waals surface area contributed by atoms with Gasteiger partial charge < -0.3 is 41.4 Å². The summed E-state index contributed by atoms with van der Waals surface area (Å²) in [5.41, 5.74) is 6.17. The summed E-state index contributed by atoms with van der Waals surface area (Å²) in [6, 6.07) is 46.4. The number of methoxy groups -OCH3 is 3. The number of aryl methyl sites for hydroxylation is 2. The summed E-state index contributed by atoms with van der Waals surface area (Å²) < 4.78 is 52.7. The fraction of sp³-hybridized carbons (Fsp3) is 0.356. The molecule has 11 nitrogen and oxygen atoms in total. The fourth-order valence-electron chi connectivity index (χ4n) is 9.28. The molecular weight excluding hydrogens is 969 g/mol. The Balaban J connectivity index is 0.921. The van der Waals surface area contributed by atoms with E-state index in [0.717, 1.165) is 71.3 Å². The van der Waals surface area contributed by atoms with Gasteiger partial charge in [-0.05, 0) is 171 Å². The largest absolute Gasteiger partial charge is 0.519 e. The molecule has 6 aromatic carbocycles. The molecule has 0 N–H and O–H groups in total. The molecule has 14 heteroatoms. The third-order valence-electron chi connectivity index (χ3n) is 13.2. The van der Waals surface area contributed by atoms with Crippen molar-refractivity contribution in [2.24, 2.45) is 0 Å². The normalized spacial score (nSPS) is 12.2. The summed E-state index contributed by atoms with van der Waals surface area (Å²) in [4.78, 5) is 25.7. The molecule has 0 aliphatic heterocycles. The Morgan fingerprint density at radius 1 is 0.411 bits per heavy atom. The van der Waals surface area contributed by atoms with Crippen LogP contribution >= 0.6 is 0 Å². The van der Waals surface area contributed by atoms with Crippen LogP contribution in [0.4, 0.5) is 9.59 Å². The standard InChI is InChI=1S/C59H74O11Si3/c1-58(2,45-21-15-14-16-22-45)47-27-33-50(34-28-47)65-56(60)67-52-37-23-43(41-54(52)63-6)19-17-39-71(8,9)69-73(12,13)70-72(10,11)40-18-20-44-24-38-53(55(42-44)64-7)68-57(61)66-51-35-29-48(30-36-51)59(3,4)46-25-31-49(62-5)32-26-46/h14-16,21-38,41-42H,17-20,39-40H2,1-13H3. The average molecular weight is 1040 g/mol. The van der Waals surface area contributed by atoms with Gasteiger partial charge in [-0.1, -0.05) is 107 Å². The quantitative estimate of drug-likeness (QED) is 0.0347. The highest BCUT2D eigenvalue weighted by Gasteiger charge is 2.39. The number of hydrogen-bond acceptors (Lipinski definition) is 11. The Morgan fingerprint density at radius 3 is 1.12 bits per heavy atom. The lowest BCUT2D eigenvalue weighted by Crippen LogP contribution is -2.52. The molecule has 0 saturated carbocycles. The van der Waals surface area contributed by atoms with Crippen LogP contribution in [0.2, 0.25) is 51.4 Å². The van der Waals surface area contributed by atoms with E-state index in [1.54, 1.807) is 57.7 Å². The molecule has 6 aromatic rings. The van der Waals surface area contributed by atoms with Crippen molar-refractivity contribution in [2.75, 3.05) is 21.3 Å². The van der Waals surface area contributed by atoms with Gasteiger partial charge in [-0.15, -0.1) is 0 Å². The molecule has 0 atom stereocenters. The Labute approximate surface area is 436 Å². The minimum absolute atomic E-state index is 0.211. The molecule has 0 amide bonds. The van der Waals surface area contributed by atoms with Crippen molar-refractivity contribution in [2.45, 2.75) is 116 Å². The van der Waals surface area contributed by atoms with E-state index in [2.05, 4.69) is 91.2 Å². The molecule has 0 spiro atoms. The molecule has 0 heterocycles. The number of benzene rings is 6. The third kappa shape index (κ3) is 15.9. The summed E-state index contributed by atoms with van der Waals surface area (Å²) in [5, 5.41) is 0. The maximum atomic E-state index is 12.9. The molecule has 0 unspecified atom stereocenters. The van der Waals surface area contributed by atoms with Crippen LogP contribution in [0.3, 0.4) is 0 Å². The van der Waals surface area contributed by atoms with Crippen LogP contribution in [0.25, 0.3) is 0 Å². The highest BCUT2D eigenvalue weighted by molar-refractivity contribution is 6.87. The van der Waals surface area contributed by atoms with Crippen molar-refractivity contribution < 1.29 is 51.0 Å². The van der Waals surface area contributed by atoms with E-state index in [1.807, 2.05) is 78.9 Å². The first-order valence-electron chi connectivity index (χ1n) is 25.0. The molecular formula is C59H74O11Si3. The van der Waals surface area contributed by atoms with Crippen LogP contribution in [0.5, 0.6) is 40.2 Å². The number of ether oxygens (including phenoxy) is 7. The topological polar surface area (TPSA) is 117 Å². The minimum Gasteiger partial charge on any atom is -0.497 e. The minimum atomic E-state index is -2.46. The monoisotopic (exact) mass is 1040 g/mol. The Hall–Kier alpha value is -6.17. The van der Waals surface area contributed by atoms with Gasteiger partial charge in [0, 0.05) is 10.8 Å². The number of hydrogen-bond donors (Lipinski definition) is 0. The number of carbonyl (C=O) groups excluding carboxylic acids is 2. The second-order valence-corrected chi connectivity index (χ2v) is 33.6. The van der Waals surface area contributed by atoms with Gasteiger partial charge in [-0.3, -0.25) is 0 Å². The maximum absolute atomic E-state index is 12.9. The smallest absolute Gasteiger partial charge is 0.497 e. The predicted octanol–water partition coefficient (Wildman–Crippen LogP) is 15.2. The number of rotatable bonds is 23. The van der Waals surface area contributed by atoms with E-state index >= 15 is 0 Å². The Bertz CT molecular complexity index is 2760. The predicted molar refractivity (Wildman–Crippen MR) is 297 cm³/mol. The zero-order valence-electron chi connectivity index (χ0n) is 45.0. The van der Waals surface area contributed by atoms with Crippen LogP contribution in [-0.2, 0) is 31.9 Å². The van der Waals surface area contributed by atoms with Crippen molar-refractivity contribution in [3.8, 4) is 40.2 Å². The molecule has 6 rings (SSSR count). The molecule has 0 saturated heterocycles. The maximum Gasteiger partial charge on any atom is 0.519 e. The third-order valence-corrected chi connectivity index (χ3v) is 24.7. The summed E-state index contributed by atoms with van der Waals surface area (Å²) in [7, 11) is -1.88. The van der Waals surface area contributed by atoms with Crippen molar-refractivity contribution >= 4 is 37.5 Å². The second-order valence-electron chi connectivity index (χ2n) is 21.1. The van der Waals surface area contributed by atoms with Crippen LogP contribution in [-0.4, -0.2) is 58.8 Å². The van der Waals surface area contributed by atoms with Gasteiger partial charge in [-0.2, -0.15) is 0 Å². The van der Waals surface area contributed by atoms with E-state index < -0.39 is 37.5 Å². The lowest BCUT2D eigenvalue weighted by atomic mass is 9.78. The van der Waals surface area contributed by atoms with Gasteiger partial charge >= 0.3 is 20.9 Å². The average Bonchev–Trinajstić information content (AvgIpc) is 3.34. The van der Waals surface area contributed by atoms with E-state index in [1.165, 1.54) is 5.56 Å². The van der Waals surface area contributed by atoms with Crippen LogP contribution in [0.15, 0.2) is 140 Å². The second kappa shape index (κ2) is 24.2. The van der Waals surface area contributed by atoms with E-state index in [-0.39, 0.29) is 16.6 Å². The SMILES string of the molecule is COc1ccc(C(C)(C)c2ccc(OC(=O)Oc3ccc(CCC[Si](C)(C)O[Si](C)(C)O[Si](C)(C)CCCc4ccc(OC(=O)Oc5ccc(C(C)(C)c6ccccc6)cc5)c(OC)c4)cc3OC)cc2)cc1. The Kier molecular flexibility index (Phi) is 18.6. The van der Waals surface area contributed by atoms with Gasteiger partial charge in [-0.25, -0.2) is 9.59 Å². The first kappa shape index (κ1) is 56.1. The lowest BCUT2D eigenvalue weighted by molar-refractivity contribution is 0.149. The number of carbonyl (C=O) groups is 2. The van der Waals surface area contributed by atoms with Gasteiger partial charge in [0.25, 0.3) is 0 Å². The molecule has 0 radical (unpaired) electrons. The molecule has 388 valence electrons. The van der Waals surface area contributed by atoms with Crippen molar-refractivity contribution in [3.05, 3.63) is 173 Å². The van der Waals surface area contributed by atoms with Crippen LogP contribution < -0.4 is 33.2 Å². The molecule has 0 aliphatic rings. The van der Waals surface area contributed by atoms with Crippen LogP contribution in [0.1, 0.15) is 73.9 Å². The summed E-state index contributed by atoms with van der Waals surface area (Å²) >= 11 is 0. The summed E-state index contributed by atoms with van der Waals surface area (Å²) in [6.07, 6.45) is 1.81. The van der Waals surface area contributed by atoms with Gasteiger partial charge in [0.1, 0.15) is 17.2 Å². The fourth-order valence-corrected chi connectivity index (χ4v) is 23.3. The van der Waals surface area contributed by atoms with Crippen molar-refractivity contribution in [3.63, 3.8) is 0 Å². The first-order chi connectivity index (χ1) is 34.5. The lowest BCUT2D eigenvalue weighted by Gasteiger charge is -2.39. The Morgan fingerprint density at radius 2 is 0.767 bits per heavy atom. The van der Waals surface area contributed by atoms with E-state index in [9.17, 15) is 9.59 Å². The summed E-state index contributed by atoms with van der Waals surface area (Å²) in [5.74, 6) is 3.07. The van der Waals surface area contributed by atoms with Crippen molar-refractivity contribution in [1.29, 1.82) is 0 Å². The first-order valence-corrected chi connectivity index (χ1v) is 34.0. The van der Waals surface area contributed by atoms with Gasteiger partial charge in [0.15, 0.2) is 39.6 Å². The van der Waals surface area contributed by atoms with E-state index in [4.69, 9.17) is 41.4 Å². The highest BCUT2D eigenvalue weighted by Crippen LogP contribution is 2.36. The molecule has 0 bridgehead atoms. The zero-order chi connectivity index (χ0) is 53.0. The van der Waals surface area contributed by atoms with Gasteiger partial charge in [0.05, 0.1) is 21.3 Å². The van der Waals surface area contributed by atoms with Crippen molar-refractivity contribution in [1.82, 2.24) is 0 Å². The van der Waals surface area contributed by atoms with Crippen LogP contribution in [0, 0.1) is 0 Å².